The molecule has 0 radical (unpaired) electrons. The van der Waals surface area contributed by atoms with Crippen molar-refractivity contribution in [1.82, 2.24) is 10.2 Å². The molecule has 2 fully saturated rings. The zero-order chi connectivity index (χ0) is 10.2. The maximum atomic E-state index is 11.1. The van der Waals surface area contributed by atoms with E-state index in [1.807, 2.05) is 0 Å². The largest absolute Gasteiger partial charge is 0.480 e. The average Bonchev–Trinajstić information content (AvgIpc) is 2.48. The number of likely N-dealkylation sites (tertiary alicyclic amines) is 1. The van der Waals surface area contributed by atoms with Gasteiger partial charge in [-0.2, -0.15) is 0 Å². The van der Waals surface area contributed by atoms with Gasteiger partial charge in [-0.1, -0.05) is 0 Å². The minimum atomic E-state index is -0.683. The Morgan fingerprint density at radius 3 is 3.00 bits per heavy atom. The second kappa shape index (κ2) is 3.51. The first-order valence-electron chi connectivity index (χ1n) is 5.29. The Kier molecular flexibility index (Phi) is 2.49. The number of nitrogens with one attached hydrogen (secondary N) is 1. The summed E-state index contributed by atoms with van der Waals surface area (Å²) in [5.41, 5.74) is -0.00116. The van der Waals surface area contributed by atoms with Gasteiger partial charge in [-0.15, -0.1) is 0 Å². The van der Waals surface area contributed by atoms with Crippen LogP contribution in [0.2, 0.25) is 0 Å². The van der Waals surface area contributed by atoms with E-state index in [0.717, 1.165) is 38.9 Å². The lowest BCUT2D eigenvalue weighted by molar-refractivity contribution is -0.143. The van der Waals surface area contributed by atoms with Crippen molar-refractivity contribution in [1.29, 1.82) is 0 Å². The molecule has 0 aromatic carbocycles. The van der Waals surface area contributed by atoms with Crippen LogP contribution in [-0.2, 0) is 4.79 Å². The van der Waals surface area contributed by atoms with Gasteiger partial charge in [0, 0.05) is 12.0 Å². The molecule has 2 saturated heterocycles. The van der Waals surface area contributed by atoms with E-state index in [4.69, 9.17) is 5.11 Å². The average molecular weight is 198 g/mol. The van der Waals surface area contributed by atoms with Crippen LogP contribution in [0.15, 0.2) is 0 Å². The molecule has 2 N–H and O–H groups in total. The lowest BCUT2D eigenvalue weighted by Gasteiger charge is -2.40. The third-order valence-corrected chi connectivity index (χ3v) is 3.63. The fourth-order valence-corrected chi connectivity index (χ4v) is 3.01. The molecule has 2 aliphatic heterocycles. The van der Waals surface area contributed by atoms with E-state index >= 15 is 0 Å². The van der Waals surface area contributed by atoms with Gasteiger partial charge in [-0.05, 0) is 39.4 Å². The molecule has 0 saturated carbocycles. The molecule has 0 aliphatic carbocycles. The molecule has 4 nitrogen and oxygen atoms in total. The second-order valence-corrected chi connectivity index (χ2v) is 4.68. The van der Waals surface area contributed by atoms with Crippen LogP contribution in [0.25, 0.3) is 0 Å². The van der Waals surface area contributed by atoms with E-state index in [0.29, 0.717) is 0 Å². The highest BCUT2D eigenvalue weighted by Crippen LogP contribution is 2.39. The fourth-order valence-electron chi connectivity index (χ4n) is 3.01. The van der Waals surface area contributed by atoms with Crippen molar-refractivity contribution < 1.29 is 9.90 Å². The Morgan fingerprint density at radius 1 is 1.57 bits per heavy atom. The number of aliphatic carboxylic acids is 1. The third kappa shape index (κ3) is 1.53. The predicted octanol–water partition coefficient (Wildman–Crippen LogP) is 0.145. The summed E-state index contributed by atoms with van der Waals surface area (Å²) < 4.78 is 0. The molecule has 2 unspecified atom stereocenters. The normalized spacial score (nSPS) is 39.1. The number of hydrogen-bond acceptors (Lipinski definition) is 3. The molecule has 0 bridgehead atoms. The van der Waals surface area contributed by atoms with Crippen LogP contribution in [0.1, 0.15) is 19.3 Å². The van der Waals surface area contributed by atoms with Crippen LogP contribution in [0, 0.1) is 5.41 Å². The monoisotopic (exact) mass is 198 g/mol. The van der Waals surface area contributed by atoms with Gasteiger partial charge in [0.15, 0.2) is 0 Å². The van der Waals surface area contributed by atoms with Crippen LogP contribution < -0.4 is 5.32 Å². The number of carbonyl (C=O) groups is 1. The first kappa shape index (κ1) is 9.93. The standard InChI is InChI=1S/C10H18N2O2/c1-12-6-2-3-10(7-12)4-5-11-8(10)9(13)14/h8,11H,2-7H2,1H3,(H,13,14). The first-order chi connectivity index (χ1) is 6.64. The molecule has 14 heavy (non-hydrogen) atoms. The molecular formula is C10H18N2O2. The minimum Gasteiger partial charge on any atom is -0.480 e. The van der Waals surface area contributed by atoms with Crippen molar-refractivity contribution in [2.75, 3.05) is 26.7 Å². The molecule has 1 spiro atoms. The van der Waals surface area contributed by atoms with Crippen LogP contribution in [0.5, 0.6) is 0 Å². The number of piperidine rings is 1. The third-order valence-electron chi connectivity index (χ3n) is 3.63. The summed E-state index contributed by atoms with van der Waals surface area (Å²) in [5, 5.41) is 12.2. The molecule has 0 aromatic rings. The van der Waals surface area contributed by atoms with E-state index in [2.05, 4.69) is 17.3 Å². The fraction of sp³-hybridized carbons (Fsp3) is 0.900. The molecule has 2 atom stereocenters. The molecule has 2 heterocycles. The highest BCUT2D eigenvalue weighted by Gasteiger charge is 2.48. The summed E-state index contributed by atoms with van der Waals surface area (Å²) in [6.07, 6.45) is 3.19. The topological polar surface area (TPSA) is 52.6 Å². The smallest absolute Gasteiger partial charge is 0.321 e. The summed E-state index contributed by atoms with van der Waals surface area (Å²) >= 11 is 0. The highest BCUT2D eigenvalue weighted by atomic mass is 16.4. The zero-order valence-corrected chi connectivity index (χ0v) is 8.62. The summed E-state index contributed by atoms with van der Waals surface area (Å²) in [6.45, 7) is 2.88. The highest BCUT2D eigenvalue weighted by molar-refractivity contribution is 5.75. The van der Waals surface area contributed by atoms with Gasteiger partial charge in [-0.25, -0.2) is 0 Å². The number of nitrogens with zero attached hydrogens (tertiary/aromatic N) is 1. The molecule has 0 aromatic heterocycles. The lowest BCUT2D eigenvalue weighted by Crippen LogP contribution is -2.51. The molecule has 2 aliphatic rings. The van der Waals surface area contributed by atoms with Gasteiger partial charge in [0.2, 0.25) is 0 Å². The van der Waals surface area contributed by atoms with E-state index < -0.39 is 5.97 Å². The summed E-state index contributed by atoms with van der Waals surface area (Å²) in [4.78, 5) is 13.4. The van der Waals surface area contributed by atoms with E-state index in [9.17, 15) is 4.79 Å². The maximum absolute atomic E-state index is 11.1. The minimum absolute atomic E-state index is 0.00116. The summed E-state index contributed by atoms with van der Waals surface area (Å²) in [6, 6.07) is -0.328. The van der Waals surface area contributed by atoms with Crippen LogP contribution in [0.4, 0.5) is 0 Å². The van der Waals surface area contributed by atoms with E-state index in [-0.39, 0.29) is 11.5 Å². The molecular weight excluding hydrogens is 180 g/mol. The van der Waals surface area contributed by atoms with Crippen molar-refractivity contribution in [3.8, 4) is 0 Å². The zero-order valence-electron chi connectivity index (χ0n) is 8.62. The van der Waals surface area contributed by atoms with E-state index in [1.165, 1.54) is 0 Å². The van der Waals surface area contributed by atoms with Gasteiger partial charge >= 0.3 is 5.97 Å². The first-order valence-corrected chi connectivity index (χ1v) is 5.29. The predicted molar refractivity (Wildman–Crippen MR) is 53.2 cm³/mol. The SMILES string of the molecule is CN1CCCC2(CCNC2C(=O)O)C1. The quantitative estimate of drug-likeness (QED) is 0.629. The van der Waals surface area contributed by atoms with Gasteiger partial charge in [0.05, 0.1) is 0 Å². The van der Waals surface area contributed by atoms with Crippen LogP contribution >= 0.6 is 0 Å². The summed E-state index contributed by atoms with van der Waals surface area (Å²) in [7, 11) is 2.08. The Morgan fingerprint density at radius 2 is 2.36 bits per heavy atom. The number of carboxylic acids is 1. The number of rotatable bonds is 1. The van der Waals surface area contributed by atoms with Gasteiger partial charge in [-0.3, -0.25) is 4.79 Å². The molecule has 4 heteroatoms. The van der Waals surface area contributed by atoms with Crippen molar-refractivity contribution >= 4 is 5.97 Å². The Bertz CT molecular complexity index is 244. The van der Waals surface area contributed by atoms with Crippen molar-refractivity contribution in [2.24, 2.45) is 5.41 Å². The second-order valence-electron chi connectivity index (χ2n) is 4.68. The molecule has 2 rings (SSSR count). The van der Waals surface area contributed by atoms with Crippen LogP contribution in [-0.4, -0.2) is 48.7 Å². The Balaban J connectivity index is 2.16. The summed E-state index contributed by atoms with van der Waals surface area (Å²) in [5.74, 6) is -0.683. The molecule has 0 amide bonds. The molecule has 80 valence electrons. The number of hydrogen-bond donors (Lipinski definition) is 2. The van der Waals surface area contributed by atoms with E-state index in [1.54, 1.807) is 0 Å². The van der Waals surface area contributed by atoms with Crippen molar-refractivity contribution in [2.45, 2.75) is 25.3 Å². The maximum Gasteiger partial charge on any atom is 0.321 e. The van der Waals surface area contributed by atoms with Gasteiger partial charge in [0.25, 0.3) is 0 Å². The van der Waals surface area contributed by atoms with Crippen LogP contribution in [0.3, 0.4) is 0 Å². The Labute approximate surface area is 84.3 Å². The van der Waals surface area contributed by atoms with Gasteiger partial charge in [0.1, 0.15) is 6.04 Å². The van der Waals surface area contributed by atoms with Crippen molar-refractivity contribution in [3.63, 3.8) is 0 Å². The lowest BCUT2D eigenvalue weighted by atomic mass is 9.74. The van der Waals surface area contributed by atoms with Gasteiger partial charge < -0.3 is 15.3 Å². The number of carboxylic acid groups (broad SMARTS) is 1. The van der Waals surface area contributed by atoms with Crippen molar-refractivity contribution in [3.05, 3.63) is 0 Å². The Hall–Kier alpha value is -0.610.